The minimum absolute atomic E-state index is 0.140. The Balaban J connectivity index is 1.29. The number of methoxy groups -OCH3 is 1. The molecular weight excluding hydrogens is 448 g/mol. The summed E-state index contributed by atoms with van der Waals surface area (Å²) in [5.41, 5.74) is 2.82. The van der Waals surface area contributed by atoms with Crippen molar-refractivity contribution in [2.24, 2.45) is 0 Å². The number of rotatable bonds is 4. The Morgan fingerprint density at radius 1 is 1.00 bits per heavy atom. The molecule has 0 bridgehead atoms. The van der Waals surface area contributed by atoms with Gasteiger partial charge in [0.25, 0.3) is 0 Å². The molecule has 0 aliphatic carbocycles. The minimum Gasteiger partial charge on any atom is -0.453 e. The first-order chi connectivity index (χ1) is 17.1. The number of ether oxygens (including phenoxy) is 1. The summed E-state index contributed by atoms with van der Waals surface area (Å²) in [4.78, 5) is 38.9. The maximum atomic E-state index is 12.2. The van der Waals surface area contributed by atoms with E-state index in [0.717, 1.165) is 29.4 Å². The van der Waals surface area contributed by atoms with Gasteiger partial charge in [0.05, 0.1) is 36.6 Å². The number of fused-ring (bicyclic) bond motifs is 1. The Morgan fingerprint density at radius 3 is 2.49 bits per heavy atom. The molecule has 35 heavy (non-hydrogen) atoms. The number of carbonyl (C=O) groups is 2. The Kier molecular flexibility index (Phi) is 6.20. The van der Waals surface area contributed by atoms with E-state index in [1.165, 1.54) is 7.11 Å². The van der Waals surface area contributed by atoms with Crippen LogP contribution in [0.1, 0.15) is 18.9 Å². The number of pyridine rings is 1. The first-order valence-electron chi connectivity index (χ1n) is 11.2. The summed E-state index contributed by atoms with van der Waals surface area (Å²) in [6.45, 7) is 1.22. The van der Waals surface area contributed by atoms with E-state index in [-0.39, 0.29) is 18.2 Å². The lowest BCUT2D eigenvalue weighted by Crippen LogP contribution is -2.39. The zero-order valence-corrected chi connectivity index (χ0v) is 19.1. The zero-order chi connectivity index (χ0) is 24.2. The fourth-order valence-electron chi connectivity index (χ4n) is 4.10. The molecule has 4 aromatic rings. The van der Waals surface area contributed by atoms with E-state index >= 15 is 0 Å². The predicted molar refractivity (Wildman–Crippen MR) is 130 cm³/mol. The van der Waals surface area contributed by atoms with Gasteiger partial charge >= 0.3 is 12.1 Å². The van der Waals surface area contributed by atoms with Gasteiger partial charge in [-0.15, -0.1) is 0 Å². The van der Waals surface area contributed by atoms with Crippen LogP contribution in [0.3, 0.4) is 0 Å². The van der Waals surface area contributed by atoms with Crippen molar-refractivity contribution >= 4 is 34.5 Å². The Bertz CT molecular complexity index is 1330. The van der Waals surface area contributed by atoms with E-state index in [2.05, 4.69) is 25.7 Å². The minimum atomic E-state index is -0.356. The molecule has 2 N–H and O–H groups in total. The van der Waals surface area contributed by atoms with Gasteiger partial charge in [0.2, 0.25) is 0 Å². The van der Waals surface area contributed by atoms with Crippen molar-refractivity contribution < 1.29 is 14.3 Å². The van der Waals surface area contributed by atoms with Crippen molar-refractivity contribution in [3.8, 4) is 11.4 Å². The van der Waals surface area contributed by atoms with Crippen molar-refractivity contribution in [3.63, 3.8) is 0 Å². The number of amides is 3. The lowest BCUT2D eigenvalue weighted by Gasteiger charge is -2.31. The first-order valence-corrected chi connectivity index (χ1v) is 11.2. The number of hydrogen-bond acceptors (Lipinski definition) is 7. The molecule has 0 radical (unpaired) electrons. The average Bonchev–Trinajstić information content (AvgIpc) is 3.32. The SMILES string of the molecule is COC(=O)N1CCC(n2ncc3cnc(-c4ccc(NC(=O)Nc5cccnc5)cc4)nc32)CC1. The Morgan fingerprint density at radius 2 is 1.77 bits per heavy atom. The Labute approximate surface area is 201 Å². The number of hydrogen-bond donors (Lipinski definition) is 2. The van der Waals surface area contributed by atoms with Crippen molar-refractivity contribution in [1.82, 2.24) is 29.6 Å². The third-order valence-electron chi connectivity index (χ3n) is 5.90. The second-order valence-electron chi connectivity index (χ2n) is 8.15. The van der Waals surface area contributed by atoms with Crippen molar-refractivity contribution in [2.45, 2.75) is 18.9 Å². The van der Waals surface area contributed by atoms with Crippen LogP contribution >= 0.6 is 0 Å². The smallest absolute Gasteiger partial charge is 0.409 e. The highest BCUT2D eigenvalue weighted by molar-refractivity contribution is 5.99. The fraction of sp³-hybridized carbons (Fsp3) is 0.250. The average molecular weight is 473 g/mol. The van der Waals surface area contributed by atoms with Crippen LogP contribution < -0.4 is 10.6 Å². The molecule has 178 valence electrons. The molecule has 3 amide bonds. The predicted octanol–water partition coefficient (Wildman–Crippen LogP) is 3.94. The monoisotopic (exact) mass is 472 g/mol. The van der Waals surface area contributed by atoms with Crippen LogP contribution in [-0.2, 0) is 4.74 Å². The molecule has 0 saturated carbocycles. The normalized spacial score (nSPS) is 14.0. The van der Waals surface area contributed by atoms with E-state index in [4.69, 9.17) is 9.72 Å². The van der Waals surface area contributed by atoms with Gasteiger partial charge in [0.1, 0.15) is 0 Å². The third-order valence-corrected chi connectivity index (χ3v) is 5.90. The summed E-state index contributed by atoms with van der Waals surface area (Å²) in [6, 6.07) is 10.6. The number of piperidine rings is 1. The maximum Gasteiger partial charge on any atom is 0.409 e. The summed E-state index contributed by atoms with van der Waals surface area (Å²) in [5.74, 6) is 0.567. The highest BCUT2D eigenvalue weighted by Gasteiger charge is 2.26. The molecule has 1 aromatic carbocycles. The van der Waals surface area contributed by atoms with Gasteiger partial charge < -0.3 is 20.3 Å². The summed E-state index contributed by atoms with van der Waals surface area (Å²) in [5, 5.41) is 10.9. The molecule has 4 heterocycles. The van der Waals surface area contributed by atoms with Gasteiger partial charge in [-0.25, -0.2) is 24.2 Å². The number of anilines is 2. The zero-order valence-electron chi connectivity index (χ0n) is 19.1. The molecule has 0 unspecified atom stereocenters. The second-order valence-corrected chi connectivity index (χ2v) is 8.15. The number of benzene rings is 1. The molecule has 1 aliphatic heterocycles. The van der Waals surface area contributed by atoms with Crippen molar-refractivity contribution in [2.75, 3.05) is 30.8 Å². The number of nitrogens with one attached hydrogen (secondary N) is 2. The van der Waals surface area contributed by atoms with Crippen LogP contribution in [0, 0.1) is 0 Å². The molecule has 11 nitrogen and oxygen atoms in total. The van der Waals surface area contributed by atoms with Gasteiger partial charge in [-0.1, -0.05) is 0 Å². The molecule has 0 atom stereocenters. The van der Waals surface area contributed by atoms with Crippen molar-refractivity contribution in [3.05, 3.63) is 61.2 Å². The topological polar surface area (TPSA) is 127 Å². The molecule has 1 fully saturated rings. The van der Waals surface area contributed by atoms with E-state index in [0.29, 0.717) is 30.3 Å². The summed E-state index contributed by atoms with van der Waals surface area (Å²) < 4.78 is 6.75. The number of likely N-dealkylation sites (tertiary alicyclic amines) is 1. The highest BCUT2D eigenvalue weighted by atomic mass is 16.5. The lowest BCUT2D eigenvalue weighted by atomic mass is 10.1. The Hall–Kier alpha value is -4.54. The van der Waals surface area contributed by atoms with Crippen LogP contribution in [-0.4, -0.2) is 62.0 Å². The fourth-order valence-corrected chi connectivity index (χ4v) is 4.10. The van der Waals surface area contributed by atoms with Gasteiger partial charge in [-0.3, -0.25) is 4.98 Å². The molecule has 3 aromatic heterocycles. The van der Waals surface area contributed by atoms with Gasteiger partial charge in [-0.05, 0) is 49.2 Å². The quantitative estimate of drug-likeness (QED) is 0.461. The molecular formula is C24H24N8O3. The maximum absolute atomic E-state index is 12.2. The van der Waals surface area contributed by atoms with E-state index in [9.17, 15) is 9.59 Å². The number of aromatic nitrogens is 5. The molecule has 5 rings (SSSR count). The van der Waals surface area contributed by atoms with Crippen LogP contribution in [0.2, 0.25) is 0 Å². The largest absolute Gasteiger partial charge is 0.453 e. The van der Waals surface area contributed by atoms with Crippen LogP contribution in [0.5, 0.6) is 0 Å². The van der Waals surface area contributed by atoms with Crippen LogP contribution in [0.25, 0.3) is 22.4 Å². The van der Waals surface area contributed by atoms with Gasteiger partial charge in [0, 0.05) is 36.7 Å². The molecule has 11 heteroatoms. The number of urea groups is 1. The van der Waals surface area contributed by atoms with Crippen LogP contribution in [0.15, 0.2) is 61.2 Å². The van der Waals surface area contributed by atoms with E-state index in [1.54, 1.807) is 54.0 Å². The highest BCUT2D eigenvalue weighted by Crippen LogP contribution is 2.27. The summed E-state index contributed by atoms with van der Waals surface area (Å²) in [6.07, 6.45) is 7.98. The third kappa shape index (κ3) is 4.88. The molecule has 1 saturated heterocycles. The standard InChI is InChI=1S/C24H24N8O3/c1-35-24(34)31-11-8-20(9-12-31)32-22-17(14-27-32)13-26-21(30-22)16-4-6-18(7-5-16)28-23(33)29-19-3-2-10-25-15-19/h2-7,10,13-15,20H,8-9,11-12H2,1H3,(H2,28,29,33). The molecule has 1 aliphatic rings. The van der Waals surface area contributed by atoms with Crippen LogP contribution in [0.4, 0.5) is 21.0 Å². The molecule has 0 spiro atoms. The summed E-state index contributed by atoms with van der Waals surface area (Å²) in [7, 11) is 1.40. The number of carbonyl (C=O) groups excluding carboxylic acids is 2. The second kappa shape index (κ2) is 9.75. The summed E-state index contributed by atoms with van der Waals surface area (Å²) >= 11 is 0. The first kappa shape index (κ1) is 22.3. The van der Waals surface area contributed by atoms with E-state index in [1.807, 2.05) is 16.8 Å². The van der Waals surface area contributed by atoms with Crippen molar-refractivity contribution in [1.29, 1.82) is 0 Å². The lowest BCUT2D eigenvalue weighted by molar-refractivity contribution is 0.106. The van der Waals surface area contributed by atoms with Gasteiger partial charge in [0.15, 0.2) is 11.5 Å². The number of nitrogens with zero attached hydrogens (tertiary/aromatic N) is 6. The van der Waals surface area contributed by atoms with E-state index < -0.39 is 0 Å². The van der Waals surface area contributed by atoms with Gasteiger partial charge in [-0.2, -0.15) is 5.10 Å².